The largest absolute Gasteiger partial charge is 0.383 e. The summed E-state index contributed by atoms with van der Waals surface area (Å²) in [6, 6.07) is 3.76. The molecule has 0 bridgehead atoms. The van der Waals surface area contributed by atoms with Gasteiger partial charge >= 0.3 is 0 Å². The first-order valence-electron chi connectivity index (χ1n) is 5.98. The van der Waals surface area contributed by atoms with Crippen LogP contribution >= 0.6 is 11.6 Å². The summed E-state index contributed by atoms with van der Waals surface area (Å²) in [5, 5.41) is 16.5. The molecule has 0 atom stereocenters. The highest BCUT2D eigenvalue weighted by molar-refractivity contribution is 6.33. The van der Waals surface area contributed by atoms with Crippen molar-refractivity contribution in [3.8, 4) is 0 Å². The maximum Gasteiger partial charge on any atom is 0.270 e. The lowest BCUT2D eigenvalue weighted by molar-refractivity contribution is -0.384. The van der Waals surface area contributed by atoms with E-state index in [2.05, 4.69) is 10.6 Å². The quantitative estimate of drug-likeness (QED) is 0.428. The van der Waals surface area contributed by atoms with E-state index in [0.717, 1.165) is 6.07 Å². The Kier molecular flexibility index (Phi) is 6.92. The molecule has 1 aromatic carbocycles. The molecule has 0 fully saturated rings. The Morgan fingerprint density at radius 3 is 2.80 bits per heavy atom. The van der Waals surface area contributed by atoms with E-state index in [1.54, 1.807) is 7.11 Å². The van der Waals surface area contributed by atoms with Crippen LogP contribution in [-0.4, -0.2) is 44.2 Å². The molecular weight excluding hydrogens is 286 g/mol. The lowest BCUT2D eigenvalue weighted by Gasteiger charge is -2.07. The SMILES string of the molecule is COCCNCCNC(=O)c1cc([N+](=O)[O-])ccc1Cl. The predicted octanol–water partition coefficient (Wildman–Crippen LogP) is 1.21. The van der Waals surface area contributed by atoms with Crippen molar-refractivity contribution in [3.63, 3.8) is 0 Å². The van der Waals surface area contributed by atoms with E-state index in [9.17, 15) is 14.9 Å². The number of nitrogens with one attached hydrogen (secondary N) is 2. The molecule has 0 aliphatic rings. The van der Waals surface area contributed by atoms with Gasteiger partial charge in [0.25, 0.3) is 11.6 Å². The van der Waals surface area contributed by atoms with Crippen molar-refractivity contribution in [1.82, 2.24) is 10.6 Å². The van der Waals surface area contributed by atoms with Gasteiger partial charge in [-0.15, -0.1) is 0 Å². The number of nitro benzene ring substituents is 1. The number of halogens is 1. The summed E-state index contributed by atoms with van der Waals surface area (Å²) in [7, 11) is 1.60. The molecule has 0 unspecified atom stereocenters. The third kappa shape index (κ3) is 5.12. The average molecular weight is 302 g/mol. The normalized spacial score (nSPS) is 10.3. The van der Waals surface area contributed by atoms with Crippen molar-refractivity contribution in [2.24, 2.45) is 0 Å². The molecule has 0 aliphatic carbocycles. The van der Waals surface area contributed by atoms with Gasteiger partial charge in [0, 0.05) is 38.9 Å². The first-order valence-corrected chi connectivity index (χ1v) is 6.36. The summed E-state index contributed by atoms with van der Waals surface area (Å²) >= 11 is 5.86. The topological polar surface area (TPSA) is 93.5 Å². The van der Waals surface area contributed by atoms with Gasteiger partial charge in [0.2, 0.25) is 0 Å². The fraction of sp³-hybridized carbons (Fsp3) is 0.417. The van der Waals surface area contributed by atoms with E-state index >= 15 is 0 Å². The van der Waals surface area contributed by atoms with E-state index in [1.807, 2.05) is 0 Å². The lowest BCUT2D eigenvalue weighted by atomic mass is 10.2. The number of carbonyl (C=O) groups is 1. The van der Waals surface area contributed by atoms with Crippen LogP contribution in [0.25, 0.3) is 0 Å². The third-order valence-electron chi connectivity index (χ3n) is 2.48. The number of rotatable bonds is 8. The van der Waals surface area contributed by atoms with Gasteiger partial charge in [-0.1, -0.05) is 11.6 Å². The molecule has 20 heavy (non-hydrogen) atoms. The molecule has 0 saturated carbocycles. The number of nitro groups is 1. The highest BCUT2D eigenvalue weighted by atomic mass is 35.5. The van der Waals surface area contributed by atoms with Gasteiger partial charge in [-0.2, -0.15) is 0 Å². The third-order valence-corrected chi connectivity index (χ3v) is 2.81. The smallest absolute Gasteiger partial charge is 0.270 e. The van der Waals surface area contributed by atoms with E-state index in [4.69, 9.17) is 16.3 Å². The van der Waals surface area contributed by atoms with Gasteiger partial charge in [-0.05, 0) is 6.07 Å². The van der Waals surface area contributed by atoms with Crippen molar-refractivity contribution in [2.45, 2.75) is 0 Å². The van der Waals surface area contributed by atoms with Crippen LogP contribution in [-0.2, 0) is 4.74 Å². The second-order valence-corrected chi connectivity index (χ2v) is 4.33. The number of benzene rings is 1. The molecule has 2 N–H and O–H groups in total. The van der Waals surface area contributed by atoms with Gasteiger partial charge in [0.05, 0.1) is 22.1 Å². The predicted molar refractivity (Wildman–Crippen MR) is 75.2 cm³/mol. The number of carbonyl (C=O) groups excluding carboxylic acids is 1. The molecule has 7 nitrogen and oxygen atoms in total. The molecule has 0 aliphatic heterocycles. The van der Waals surface area contributed by atoms with Crippen LogP contribution in [0.1, 0.15) is 10.4 Å². The number of hydrogen-bond acceptors (Lipinski definition) is 5. The van der Waals surface area contributed by atoms with Gasteiger partial charge in [0.15, 0.2) is 0 Å². The van der Waals surface area contributed by atoms with E-state index in [1.165, 1.54) is 12.1 Å². The van der Waals surface area contributed by atoms with Crippen molar-refractivity contribution < 1.29 is 14.5 Å². The number of nitrogens with zero attached hydrogens (tertiary/aromatic N) is 1. The summed E-state index contributed by atoms with van der Waals surface area (Å²) in [5.41, 5.74) is -0.0736. The van der Waals surface area contributed by atoms with Crippen LogP contribution in [0.2, 0.25) is 5.02 Å². The van der Waals surface area contributed by atoms with Gasteiger partial charge < -0.3 is 15.4 Å². The van der Waals surface area contributed by atoms with E-state index < -0.39 is 10.8 Å². The second-order valence-electron chi connectivity index (χ2n) is 3.92. The Hall–Kier alpha value is -1.70. The molecule has 0 saturated heterocycles. The summed E-state index contributed by atoms with van der Waals surface area (Å²) in [5.74, 6) is -0.438. The minimum Gasteiger partial charge on any atom is -0.383 e. The first kappa shape index (κ1) is 16.4. The summed E-state index contributed by atoms with van der Waals surface area (Å²) in [4.78, 5) is 21.9. The summed E-state index contributed by atoms with van der Waals surface area (Å²) < 4.78 is 4.86. The molecule has 0 radical (unpaired) electrons. The fourth-order valence-electron chi connectivity index (χ4n) is 1.46. The fourth-order valence-corrected chi connectivity index (χ4v) is 1.66. The molecule has 0 heterocycles. The number of amides is 1. The van der Waals surface area contributed by atoms with Crippen molar-refractivity contribution >= 4 is 23.2 Å². The van der Waals surface area contributed by atoms with Crippen molar-refractivity contribution in [3.05, 3.63) is 38.9 Å². The van der Waals surface area contributed by atoms with Gasteiger partial charge in [-0.3, -0.25) is 14.9 Å². The number of hydrogen-bond donors (Lipinski definition) is 2. The Bertz CT molecular complexity index is 482. The highest BCUT2D eigenvalue weighted by Gasteiger charge is 2.15. The zero-order valence-electron chi connectivity index (χ0n) is 11.0. The zero-order chi connectivity index (χ0) is 15.0. The van der Waals surface area contributed by atoms with Crippen molar-refractivity contribution in [2.75, 3.05) is 33.4 Å². The Morgan fingerprint density at radius 1 is 1.40 bits per heavy atom. The number of ether oxygens (including phenoxy) is 1. The Morgan fingerprint density at radius 2 is 2.15 bits per heavy atom. The lowest BCUT2D eigenvalue weighted by Crippen LogP contribution is -2.33. The molecule has 0 spiro atoms. The maximum absolute atomic E-state index is 11.9. The molecule has 0 aromatic heterocycles. The van der Waals surface area contributed by atoms with Crippen LogP contribution < -0.4 is 10.6 Å². The number of methoxy groups -OCH3 is 1. The van der Waals surface area contributed by atoms with Crippen LogP contribution in [0.4, 0.5) is 5.69 Å². The summed E-state index contributed by atoms with van der Waals surface area (Å²) in [6.45, 7) is 2.23. The molecular formula is C12H16ClN3O4. The first-order chi connectivity index (χ1) is 9.56. The standard InChI is InChI=1S/C12H16ClN3O4/c1-20-7-6-14-4-5-15-12(17)10-8-9(16(18)19)2-3-11(10)13/h2-3,8,14H,4-7H2,1H3,(H,15,17). The van der Waals surface area contributed by atoms with Gasteiger partial charge in [0.1, 0.15) is 0 Å². The average Bonchev–Trinajstić information content (AvgIpc) is 2.42. The van der Waals surface area contributed by atoms with Crippen LogP contribution in [0.3, 0.4) is 0 Å². The minimum absolute atomic E-state index is 0.0951. The number of non-ortho nitro benzene ring substituents is 1. The van der Waals surface area contributed by atoms with E-state index in [-0.39, 0.29) is 16.3 Å². The zero-order valence-corrected chi connectivity index (χ0v) is 11.8. The van der Waals surface area contributed by atoms with Crippen molar-refractivity contribution in [1.29, 1.82) is 0 Å². The molecule has 1 aromatic rings. The van der Waals surface area contributed by atoms with Crippen LogP contribution in [0.5, 0.6) is 0 Å². The highest BCUT2D eigenvalue weighted by Crippen LogP contribution is 2.21. The maximum atomic E-state index is 11.9. The van der Waals surface area contributed by atoms with Crippen LogP contribution in [0.15, 0.2) is 18.2 Å². The Labute approximate surface area is 121 Å². The monoisotopic (exact) mass is 301 g/mol. The molecule has 1 amide bonds. The van der Waals surface area contributed by atoms with Gasteiger partial charge in [-0.25, -0.2) is 0 Å². The van der Waals surface area contributed by atoms with E-state index in [0.29, 0.717) is 26.2 Å². The second kappa shape index (κ2) is 8.47. The summed E-state index contributed by atoms with van der Waals surface area (Å²) in [6.07, 6.45) is 0. The molecule has 1 rings (SSSR count). The Balaban J connectivity index is 2.50. The van der Waals surface area contributed by atoms with Crippen LogP contribution in [0, 0.1) is 10.1 Å². The molecule has 110 valence electrons. The molecule has 8 heteroatoms. The minimum atomic E-state index is -0.570.